The minimum atomic E-state index is 0.0248. The molecule has 0 spiro atoms. The van der Waals surface area contributed by atoms with E-state index in [1.807, 2.05) is 41.8 Å². The number of benzene rings is 1. The van der Waals surface area contributed by atoms with Gasteiger partial charge in [0.1, 0.15) is 0 Å². The second kappa shape index (κ2) is 8.91. The van der Waals surface area contributed by atoms with Gasteiger partial charge in [0.25, 0.3) is 5.91 Å². The van der Waals surface area contributed by atoms with Crippen LogP contribution in [0.15, 0.2) is 18.2 Å². The maximum absolute atomic E-state index is 12.8. The number of piperidine rings is 1. The van der Waals surface area contributed by atoms with Crippen LogP contribution in [0, 0.1) is 6.92 Å². The molecule has 0 saturated carbocycles. The molecule has 1 aromatic rings. The predicted molar refractivity (Wildman–Crippen MR) is 108 cm³/mol. The molecule has 2 aliphatic heterocycles. The molecule has 142 valence electrons. The van der Waals surface area contributed by atoms with E-state index in [2.05, 4.69) is 17.6 Å². The van der Waals surface area contributed by atoms with Crippen molar-refractivity contribution in [1.82, 2.24) is 10.2 Å². The molecule has 0 aromatic heterocycles. The molecule has 3 rings (SSSR count). The number of nitrogens with zero attached hydrogens (tertiary/aromatic N) is 1. The SMILES string of the molecule is Cc1cc(C(=O)N2CCCCC2C)ccc1NC(=O)CC1CSCCN1. The van der Waals surface area contributed by atoms with Crippen LogP contribution in [-0.4, -0.2) is 53.4 Å². The molecular formula is C20H29N3O2S. The van der Waals surface area contributed by atoms with Gasteiger partial charge in [0.05, 0.1) is 0 Å². The number of hydrogen-bond acceptors (Lipinski definition) is 4. The number of likely N-dealkylation sites (tertiary alicyclic amines) is 1. The monoisotopic (exact) mass is 375 g/mol. The maximum atomic E-state index is 12.8. The first-order valence-corrected chi connectivity index (χ1v) is 10.7. The molecule has 2 saturated heterocycles. The van der Waals surface area contributed by atoms with E-state index in [9.17, 15) is 9.59 Å². The number of aryl methyl sites for hydroxylation is 1. The Balaban J connectivity index is 1.61. The van der Waals surface area contributed by atoms with Gasteiger partial charge < -0.3 is 15.5 Å². The van der Waals surface area contributed by atoms with Gasteiger partial charge in [0.15, 0.2) is 0 Å². The summed E-state index contributed by atoms with van der Waals surface area (Å²) in [5.74, 6) is 2.22. The fraction of sp³-hybridized carbons (Fsp3) is 0.600. The van der Waals surface area contributed by atoms with E-state index in [-0.39, 0.29) is 17.9 Å². The average Bonchev–Trinajstić information content (AvgIpc) is 2.64. The zero-order chi connectivity index (χ0) is 18.5. The molecule has 2 aliphatic rings. The van der Waals surface area contributed by atoms with Crippen LogP contribution < -0.4 is 10.6 Å². The van der Waals surface area contributed by atoms with E-state index >= 15 is 0 Å². The Morgan fingerprint density at radius 3 is 2.88 bits per heavy atom. The minimum Gasteiger partial charge on any atom is -0.336 e. The number of rotatable bonds is 4. The zero-order valence-electron chi connectivity index (χ0n) is 15.7. The second-order valence-corrected chi connectivity index (χ2v) is 8.50. The summed E-state index contributed by atoms with van der Waals surface area (Å²) in [7, 11) is 0. The van der Waals surface area contributed by atoms with Gasteiger partial charge in [0, 0.05) is 54.4 Å². The number of anilines is 1. The predicted octanol–water partition coefficient (Wildman–Crippen LogP) is 3.04. The van der Waals surface area contributed by atoms with Gasteiger partial charge in [0.2, 0.25) is 5.91 Å². The molecule has 1 aromatic carbocycles. The lowest BCUT2D eigenvalue weighted by Gasteiger charge is -2.33. The molecule has 2 amide bonds. The molecular weight excluding hydrogens is 346 g/mol. The summed E-state index contributed by atoms with van der Waals surface area (Å²) in [6, 6.07) is 6.14. The van der Waals surface area contributed by atoms with E-state index in [1.54, 1.807) is 0 Å². The topological polar surface area (TPSA) is 61.4 Å². The molecule has 2 unspecified atom stereocenters. The summed E-state index contributed by atoms with van der Waals surface area (Å²) >= 11 is 1.89. The third-order valence-electron chi connectivity index (χ3n) is 5.24. The summed E-state index contributed by atoms with van der Waals surface area (Å²) in [6.45, 7) is 5.87. The van der Waals surface area contributed by atoms with Crippen molar-refractivity contribution in [3.63, 3.8) is 0 Å². The van der Waals surface area contributed by atoms with Crippen LogP contribution in [0.2, 0.25) is 0 Å². The number of carbonyl (C=O) groups excluding carboxylic acids is 2. The van der Waals surface area contributed by atoms with Gasteiger partial charge in [-0.3, -0.25) is 9.59 Å². The Kier molecular flexibility index (Phi) is 6.59. The highest BCUT2D eigenvalue weighted by Gasteiger charge is 2.24. The summed E-state index contributed by atoms with van der Waals surface area (Å²) < 4.78 is 0. The van der Waals surface area contributed by atoms with Crippen LogP contribution in [0.25, 0.3) is 0 Å². The van der Waals surface area contributed by atoms with E-state index in [0.29, 0.717) is 18.0 Å². The van der Waals surface area contributed by atoms with Crippen molar-refractivity contribution in [2.24, 2.45) is 0 Å². The normalized spacial score (nSPS) is 23.5. The quantitative estimate of drug-likeness (QED) is 0.849. The highest BCUT2D eigenvalue weighted by atomic mass is 32.2. The standard InChI is InChI=1S/C20H29N3O2S/c1-14-11-16(20(25)23-9-4-3-5-15(23)2)6-7-18(14)22-19(24)12-17-13-26-10-8-21-17/h6-7,11,15,17,21H,3-5,8-10,12-13H2,1-2H3,(H,22,24). The van der Waals surface area contributed by atoms with Crippen molar-refractivity contribution in [2.45, 2.75) is 51.6 Å². The Bertz CT molecular complexity index is 658. The zero-order valence-corrected chi connectivity index (χ0v) is 16.5. The molecule has 0 radical (unpaired) electrons. The molecule has 2 fully saturated rings. The number of amides is 2. The van der Waals surface area contributed by atoms with Gasteiger partial charge in [-0.15, -0.1) is 0 Å². The van der Waals surface area contributed by atoms with Crippen LogP contribution in [0.5, 0.6) is 0 Å². The molecule has 2 atom stereocenters. The summed E-state index contributed by atoms with van der Waals surface area (Å²) in [4.78, 5) is 27.1. The second-order valence-electron chi connectivity index (χ2n) is 7.35. The number of hydrogen-bond donors (Lipinski definition) is 2. The number of thioether (sulfide) groups is 1. The Morgan fingerprint density at radius 2 is 2.19 bits per heavy atom. The fourth-order valence-corrected chi connectivity index (χ4v) is 4.63. The van der Waals surface area contributed by atoms with E-state index < -0.39 is 0 Å². The fourth-order valence-electron chi connectivity index (χ4n) is 3.68. The van der Waals surface area contributed by atoms with Crippen molar-refractivity contribution < 1.29 is 9.59 Å². The molecule has 5 nitrogen and oxygen atoms in total. The van der Waals surface area contributed by atoms with Crippen molar-refractivity contribution >= 4 is 29.3 Å². The van der Waals surface area contributed by atoms with Crippen LogP contribution >= 0.6 is 11.8 Å². The van der Waals surface area contributed by atoms with E-state index in [4.69, 9.17) is 0 Å². The number of carbonyl (C=O) groups is 2. The Labute approximate surface area is 160 Å². The van der Waals surface area contributed by atoms with E-state index in [1.165, 1.54) is 6.42 Å². The van der Waals surface area contributed by atoms with Gasteiger partial charge >= 0.3 is 0 Å². The molecule has 26 heavy (non-hydrogen) atoms. The lowest BCUT2D eigenvalue weighted by Crippen LogP contribution is -2.42. The highest BCUT2D eigenvalue weighted by molar-refractivity contribution is 7.99. The first-order valence-electron chi connectivity index (χ1n) is 9.57. The highest BCUT2D eigenvalue weighted by Crippen LogP contribution is 2.22. The van der Waals surface area contributed by atoms with Gasteiger partial charge in [-0.1, -0.05) is 0 Å². The third-order valence-corrected chi connectivity index (χ3v) is 6.37. The molecule has 2 N–H and O–H groups in total. The molecule has 2 heterocycles. The average molecular weight is 376 g/mol. The van der Waals surface area contributed by atoms with Crippen LogP contribution in [-0.2, 0) is 4.79 Å². The summed E-state index contributed by atoms with van der Waals surface area (Å²) in [5, 5.41) is 6.38. The molecule has 0 aliphatic carbocycles. The summed E-state index contributed by atoms with van der Waals surface area (Å²) in [5.41, 5.74) is 2.43. The van der Waals surface area contributed by atoms with Crippen molar-refractivity contribution in [3.05, 3.63) is 29.3 Å². The largest absolute Gasteiger partial charge is 0.336 e. The smallest absolute Gasteiger partial charge is 0.254 e. The molecule has 0 bridgehead atoms. The van der Waals surface area contributed by atoms with Crippen LogP contribution in [0.3, 0.4) is 0 Å². The molecule has 6 heteroatoms. The van der Waals surface area contributed by atoms with Crippen molar-refractivity contribution in [2.75, 3.05) is 29.9 Å². The van der Waals surface area contributed by atoms with Crippen molar-refractivity contribution in [1.29, 1.82) is 0 Å². The summed E-state index contributed by atoms with van der Waals surface area (Å²) in [6.07, 6.45) is 3.84. The minimum absolute atomic E-state index is 0.0248. The third kappa shape index (κ3) is 4.80. The lowest BCUT2D eigenvalue weighted by atomic mass is 10.0. The van der Waals surface area contributed by atoms with Crippen LogP contribution in [0.4, 0.5) is 5.69 Å². The van der Waals surface area contributed by atoms with Crippen LogP contribution in [0.1, 0.15) is 48.5 Å². The Hall–Kier alpha value is -1.53. The van der Waals surface area contributed by atoms with Gasteiger partial charge in [-0.2, -0.15) is 11.8 Å². The Morgan fingerprint density at radius 1 is 1.35 bits per heavy atom. The lowest BCUT2D eigenvalue weighted by molar-refractivity contribution is -0.116. The maximum Gasteiger partial charge on any atom is 0.254 e. The van der Waals surface area contributed by atoms with E-state index in [0.717, 1.165) is 48.7 Å². The first kappa shape index (κ1) is 19.2. The van der Waals surface area contributed by atoms with Crippen molar-refractivity contribution in [3.8, 4) is 0 Å². The van der Waals surface area contributed by atoms with Gasteiger partial charge in [-0.05, 0) is 56.9 Å². The first-order chi connectivity index (χ1) is 12.5. The number of nitrogens with one attached hydrogen (secondary N) is 2. The van der Waals surface area contributed by atoms with Gasteiger partial charge in [-0.25, -0.2) is 0 Å².